The molecule has 1 aliphatic heterocycles. The number of para-hydroxylation sites is 1. The molecular formula is C16H17N3O3. The second kappa shape index (κ2) is 6.53. The zero-order chi connectivity index (χ0) is 15.4. The third-order valence-electron chi connectivity index (χ3n) is 3.59. The Balaban J connectivity index is 1.92. The number of hydrogen-bond acceptors (Lipinski definition) is 5. The van der Waals surface area contributed by atoms with Gasteiger partial charge in [0.05, 0.1) is 19.8 Å². The number of methoxy groups -OCH3 is 1. The van der Waals surface area contributed by atoms with Gasteiger partial charge in [-0.25, -0.2) is 0 Å². The highest BCUT2D eigenvalue weighted by atomic mass is 16.5. The van der Waals surface area contributed by atoms with Gasteiger partial charge in [0.1, 0.15) is 0 Å². The first kappa shape index (κ1) is 14.5. The predicted octanol–water partition coefficient (Wildman–Crippen LogP) is 1.92. The summed E-state index contributed by atoms with van der Waals surface area (Å²) in [5.41, 5.74) is 1.12. The maximum absolute atomic E-state index is 12.9. The van der Waals surface area contributed by atoms with Gasteiger partial charge in [0.15, 0.2) is 5.69 Å². The number of ether oxygens (including phenoxy) is 2. The second-order valence-corrected chi connectivity index (χ2v) is 4.99. The highest BCUT2D eigenvalue weighted by Gasteiger charge is 2.30. The maximum Gasteiger partial charge on any atom is 0.279 e. The molecule has 0 aliphatic carbocycles. The summed E-state index contributed by atoms with van der Waals surface area (Å²) >= 11 is 0. The molecule has 1 saturated heterocycles. The van der Waals surface area contributed by atoms with Crippen molar-refractivity contribution in [2.75, 3.05) is 25.2 Å². The van der Waals surface area contributed by atoms with Crippen LogP contribution in [0.5, 0.6) is 5.88 Å². The second-order valence-electron chi connectivity index (χ2n) is 4.99. The summed E-state index contributed by atoms with van der Waals surface area (Å²) < 4.78 is 10.4. The first-order chi connectivity index (χ1) is 10.8. The van der Waals surface area contributed by atoms with Gasteiger partial charge in [0.25, 0.3) is 5.91 Å². The van der Waals surface area contributed by atoms with Crippen molar-refractivity contribution in [3.8, 4) is 5.88 Å². The van der Waals surface area contributed by atoms with E-state index in [1.165, 1.54) is 7.11 Å². The lowest BCUT2D eigenvalue weighted by atomic mass is 10.1. The van der Waals surface area contributed by atoms with Crippen LogP contribution in [0.25, 0.3) is 0 Å². The first-order valence-corrected chi connectivity index (χ1v) is 7.13. The van der Waals surface area contributed by atoms with Crippen LogP contribution in [0.2, 0.25) is 0 Å². The normalized spacial score (nSPS) is 17.2. The molecule has 1 amide bonds. The zero-order valence-corrected chi connectivity index (χ0v) is 12.3. The van der Waals surface area contributed by atoms with Crippen LogP contribution < -0.4 is 9.64 Å². The Bertz CT molecular complexity index is 625. The topological polar surface area (TPSA) is 64.5 Å². The molecule has 22 heavy (non-hydrogen) atoms. The van der Waals surface area contributed by atoms with E-state index < -0.39 is 0 Å². The molecule has 6 heteroatoms. The third-order valence-corrected chi connectivity index (χ3v) is 3.59. The Hall–Kier alpha value is -2.47. The zero-order valence-electron chi connectivity index (χ0n) is 12.3. The van der Waals surface area contributed by atoms with E-state index >= 15 is 0 Å². The number of rotatable bonds is 4. The van der Waals surface area contributed by atoms with Crippen molar-refractivity contribution < 1.29 is 14.3 Å². The molecule has 0 bridgehead atoms. The van der Waals surface area contributed by atoms with E-state index in [1.807, 2.05) is 30.3 Å². The molecule has 1 unspecified atom stereocenters. The minimum atomic E-state index is -0.183. The summed E-state index contributed by atoms with van der Waals surface area (Å²) in [5.74, 6) is 0.198. The van der Waals surface area contributed by atoms with Gasteiger partial charge in [-0.05, 0) is 24.6 Å². The Morgan fingerprint density at radius 2 is 2.05 bits per heavy atom. The Labute approximate surface area is 128 Å². The quantitative estimate of drug-likeness (QED) is 0.863. The molecule has 1 atom stereocenters. The summed E-state index contributed by atoms with van der Waals surface area (Å²) in [4.78, 5) is 14.6. The van der Waals surface area contributed by atoms with Crippen LogP contribution in [0.1, 0.15) is 16.9 Å². The van der Waals surface area contributed by atoms with Crippen LogP contribution in [0.15, 0.2) is 42.5 Å². The Morgan fingerprint density at radius 1 is 1.23 bits per heavy atom. The number of anilines is 1. The Morgan fingerprint density at radius 3 is 2.64 bits per heavy atom. The van der Waals surface area contributed by atoms with E-state index in [-0.39, 0.29) is 17.6 Å². The van der Waals surface area contributed by atoms with Crippen molar-refractivity contribution in [3.63, 3.8) is 0 Å². The summed E-state index contributed by atoms with van der Waals surface area (Å²) in [6.45, 7) is 1.19. The number of amides is 1. The van der Waals surface area contributed by atoms with Crippen LogP contribution in [0.4, 0.5) is 5.69 Å². The minimum absolute atomic E-state index is 0.0128. The average Bonchev–Trinajstić information content (AvgIpc) is 3.10. The third kappa shape index (κ3) is 2.92. The minimum Gasteiger partial charge on any atom is -0.480 e. The van der Waals surface area contributed by atoms with Gasteiger partial charge < -0.3 is 14.4 Å². The summed E-state index contributed by atoms with van der Waals surface area (Å²) in [6.07, 6.45) is 0.810. The lowest BCUT2D eigenvalue weighted by molar-refractivity contribution is 0.0965. The van der Waals surface area contributed by atoms with E-state index in [0.29, 0.717) is 19.1 Å². The predicted molar refractivity (Wildman–Crippen MR) is 81.1 cm³/mol. The fourth-order valence-corrected chi connectivity index (χ4v) is 2.47. The fraction of sp³-hybridized carbons (Fsp3) is 0.312. The SMILES string of the molecule is COc1ccc(C(=O)N(c2ccccc2)C2CCOC2)nn1. The molecule has 0 N–H and O–H groups in total. The number of carbonyl (C=O) groups excluding carboxylic acids is 1. The van der Waals surface area contributed by atoms with Crippen molar-refractivity contribution in [1.29, 1.82) is 0 Å². The van der Waals surface area contributed by atoms with Crippen LogP contribution in [0.3, 0.4) is 0 Å². The van der Waals surface area contributed by atoms with Gasteiger partial charge in [-0.3, -0.25) is 4.79 Å². The monoisotopic (exact) mass is 299 g/mol. The molecule has 0 radical (unpaired) electrons. The molecule has 1 aliphatic rings. The standard InChI is InChI=1S/C16H17N3O3/c1-21-15-8-7-14(17-18-15)16(20)19(13-9-10-22-11-13)12-5-3-2-4-6-12/h2-8,13H,9-11H2,1H3. The van der Waals surface area contributed by atoms with Crippen molar-refractivity contribution >= 4 is 11.6 Å². The highest BCUT2D eigenvalue weighted by molar-refractivity contribution is 6.05. The molecule has 0 saturated carbocycles. The first-order valence-electron chi connectivity index (χ1n) is 7.13. The van der Waals surface area contributed by atoms with Crippen molar-refractivity contribution in [2.45, 2.75) is 12.5 Å². The molecule has 3 rings (SSSR count). The lowest BCUT2D eigenvalue weighted by Crippen LogP contribution is -2.41. The van der Waals surface area contributed by atoms with E-state index in [2.05, 4.69) is 10.2 Å². The number of hydrogen-bond donors (Lipinski definition) is 0. The number of nitrogens with zero attached hydrogens (tertiary/aromatic N) is 3. The van der Waals surface area contributed by atoms with Crippen LogP contribution >= 0.6 is 0 Å². The maximum atomic E-state index is 12.9. The molecule has 1 fully saturated rings. The Kier molecular flexibility index (Phi) is 4.29. The van der Waals surface area contributed by atoms with Gasteiger partial charge in [-0.1, -0.05) is 18.2 Å². The van der Waals surface area contributed by atoms with Crippen LogP contribution in [-0.2, 0) is 4.74 Å². The van der Waals surface area contributed by atoms with E-state index in [0.717, 1.165) is 12.1 Å². The van der Waals surface area contributed by atoms with Gasteiger partial charge in [-0.15, -0.1) is 10.2 Å². The summed E-state index contributed by atoms with van der Waals surface area (Å²) in [5, 5.41) is 7.83. The van der Waals surface area contributed by atoms with Gasteiger partial charge in [0, 0.05) is 18.4 Å². The van der Waals surface area contributed by atoms with E-state index in [4.69, 9.17) is 9.47 Å². The number of benzene rings is 1. The molecule has 1 aromatic heterocycles. The van der Waals surface area contributed by atoms with E-state index in [9.17, 15) is 4.79 Å². The average molecular weight is 299 g/mol. The molecule has 1 aromatic carbocycles. The fourth-order valence-electron chi connectivity index (χ4n) is 2.47. The molecule has 6 nitrogen and oxygen atoms in total. The summed E-state index contributed by atoms with van der Waals surface area (Å²) in [6, 6.07) is 12.8. The molecule has 0 spiro atoms. The molecule has 114 valence electrons. The summed E-state index contributed by atoms with van der Waals surface area (Å²) in [7, 11) is 1.51. The van der Waals surface area contributed by atoms with Crippen molar-refractivity contribution in [2.24, 2.45) is 0 Å². The molecule has 2 heterocycles. The number of carbonyl (C=O) groups is 1. The highest BCUT2D eigenvalue weighted by Crippen LogP contribution is 2.23. The van der Waals surface area contributed by atoms with Crippen LogP contribution in [0, 0.1) is 0 Å². The smallest absolute Gasteiger partial charge is 0.279 e. The van der Waals surface area contributed by atoms with Gasteiger partial charge in [-0.2, -0.15) is 0 Å². The van der Waals surface area contributed by atoms with Crippen LogP contribution in [-0.4, -0.2) is 42.5 Å². The molecular weight excluding hydrogens is 282 g/mol. The lowest BCUT2D eigenvalue weighted by Gasteiger charge is -2.27. The van der Waals surface area contributed by atoms with Gasteiger partial charge in [0.2, 0.25) is 5.88 Å². The van der Waals surface area contributed by atoms with E-state index in [1.54, 1.807) is 17.0 Å². The van der Waals surface area contributed by atoms with Gasteiger partial charge >= 0.3 is 0 Å². The van der Waals surface area contributed by atoms with Crippen molar-refractivity contribution in [3.05, 3.63) is 48.2 Å². The largest absolute Gasteiger partial charge is 0.480 e. The van der Waals surface area contributed by atoms with Crippen molar-refractivity contribution in [1.82, 2.24) is 10.2 Å². The number of aromatic nitrogens is 2. The molecule has 2 aromatic rings.